The Morgan fingerprint density at radius 2 is 1.95 bits per heavy atom. The molecule has 0 aliphatic heterocycles. The van der Waals surface area contributed by atoms with Crippen molar-refractivity contribution in [3.05, 3.63) is 0 Å². The molecule has 3 atom stereocenters. The van der Waals surface area contributed by atoms with E-state index in [9.17, 15) is 4.79 Å². The number of ether oxygens (including phenoxy) is 1. The summed E-state index contributed by atoms with van der Waals surface area (Å²) in [6, 6.07) is 0.703. The van der Waals surface area contributed by atoms with Gasteiger partial charge in [-0.1, -0.05) is 20.8 Å². The summed E-state index contributed by atoms with van der Waals surface area (Å²) in [5, 5.41) is 0. The minimum atomic E-state index is -0.155. The summed E-state index contributed by atoms with van der Waals surface area (Å²) in [5.74, 6) is 1.01. The maximum absolute atomic E-state index is 11.7. The van der Waals surface area contributed by atoms with Gasteiger partial charge in [0.1, 0.15) is 0 Å². The largest absolute Gasteiger partial charge is 0.468 e. The number of carbonyl (C=O) groups excluding carboxylic acids is 1. The molecule has 4 heteroatoms. The molecule has 0 aromatic carbocycles. The fourth-order valence-electron chi connectivity index (χ4n) is 3.57. The molecular weight excluding hydrogens is 264 g/mol. The molecule has 0 amide bonds. The predicted molar refractivity (Wildman–Crippen MR) is 87.0 cm³/mol. The zero-order valence-corrected chi connectivity index (χ0v) is 14.7. The van der Waals surface area contributed by atoms with E-state index in [4.69, 9.17) is 10.5 Å². The normalized spacial score (nSPS) is 27.2. The van der Waals surface area contributed by atoms with Gasteiger partial charge in [0.2, 0.25) is 0 Å². The summed E-state index contributed by atoms with van der Waals surface area (Å²) >= 11 is 0. The van der Waals surface area contributed by atoms with E-state index in [0.717, 1.165) is 12.8 Å². The predicted octanol–water partition coefficient (Wildman–Crippen LogP) is 2.66. The first-order valence-corrected chi connectivity index (χ1v) is 8.23. The lowest BCUT2D eigenvalue weighted by molar-refractivity contribution is -0.144. The van der Waals surface area contributed by atoms with Crippen molar-refractivity contribution in [3.8, 4) is 0 Å². The van der Waals surface area contributed by atoms with Gasteiger partial charge in [0, 0.05) is 12.1 Å². The summed E-state index contributed by atoms with van der Waals surface area (Å²) in [4.78, 5) is 14.0. The molecule has 1 aliphatic rings. The zero-order valence-electron chi connectivity index (χ0n) is 14.7. The third-order valence-electron chi connectivity index (χ3n) is 5.11. The molecule has 0 aromatic rings. The average molecular weight is 298 g/mol. The Hall–Kier alpha value is -0.610. The number of esters is 1. The van der Waals surface area contributed by atoms with Crippen molar-refractivity contribution in [1.29, 1.82) is 0 Å². The third kappa shape index (κ3) is 4.96. The van der Waals surface area contributed by atoms with E-state index < -0.39 is 0 Å². The summed E-state index contributed by atoms with van der Waals surface area (Å²) in [6.07, 6.45) is 3.53. The fraction of sp³-hybridized carbons (Fsp3) is 0.941. The van der Waals surface area contributed by atoms with Crippen LogP contribution >= 0.6 is 0 Å². The van der Waals surface area contributed by atoms with Gasteiger partial charge in [-0.2, -0.15) is 0 Å². The van der Waals surface area contributed by atoms with E-state index >= 15 is 0 Å². The van der Waals surface area contributed by atoms with Crippen LogP contribution in [0.4, 0.5) is 0 Å². The van der Waals surface area contributed by atoms with Crippen LogP contribution in [-0.2, 0) is 9.53 Å². The first kappa shape index (κ1) is 18.4. The summed E-state index contributed by atoms with van der Waals surface area (Å²) in [6.45, 7) is 12.3. The SMILES string of the molecule is COC(=O)CN(C(C)C)C1CC(C(C)(C)C)CCC1CN. The number of nitrogens with two attached hydrogens (primary N) is 1. The molecule has 124 valence electrons. The van der Waals surface area contributed by atoms with E-state index in [1.807, 2.05) is 0 Å². The van der Waals surface area contributed by atoms with Gasteiger partial charge in [-0.05, 0) is 56.9 Å². The van der Waals surface area contributed by atoms with Gasteiger partial charge in [-0.15, -0.1) is 0 Å². The van der Waals surface area contributed by atoms with Gasteiger partial charge in [-0.3, -0.25) is 9.69 Å². The van der Waals surface area contributed by atoms with Crippen molar-refractivity contribution in [1.82, 2.24) is 4.90 Å². The lowest BCUT2D eigenvalue weighted by atomic mass is 9.67. The Morgan fingerprint density at radius 1 is 1.33 bits per heavy atom. The summed E-state index contributed by atoms with van der Waals surface area (Å²) < 4.78 is 4.87. The Balaban J connectivity index is 2.91. The Bertz CT molecular complexity index is 336. The minimum Gasteiger partial charge on any atom is -0.468 e. The first-order valence-electron chi connectivity index (χ1n) is 8.23. The number of carbonyl (C=O) groups is 1. The van der Waals surface area contributed by atoms with Gasteiger partial charge < -0.3 is 10.5 Å². The molecule has 0 spiro atoms. The van der Waals surface area contributed by atoms with Crippen LogP contribution in [0.1, 0.15) is 53.9 Å². The van der Waals surface area contributed by atoms with Gasteiger partial charge in [0.15, 0.2) is 0 Å². The van der Waals surface area contributed by atoms with E-state index in [0.29, 0.717) is 42.4 Å². The molecule has 0 saturated heterocycles. The molecule has 4 nitrogen and oxygen atoms in total. The standard InChI is InChI=1S/C17H34N2O2/c1-12(2)19(11-16(20)21-6)15-9-14(17(3,4)5)8-7-13(15)10-18/h12-15H,7-11,18H2,1-6H3. The molecule has 1 fully saturated rings. The molecule has 21 heavy (non-hydrogen) atoms. The van der Waals surface area contributed by atoms with Crippen LogP contribution in [0.3, 0.4) is 0 Å². The van der Waals surface area contributed by atoms with Crippen LogP contribution in [-0.4, -0.2) is 43.2 Å². The topological polar surface area (TPSA) is 55.6 Å². The Morgan fingerprint density at radius 3 is 2.38 bits per heavy atom. The van der Waals surface area contributed by atoms with E-state index in [-0.39, 0.29) is 5.97 Å². The van der Waals surface area contributed by atoms with Gasteiger partial charge in [-0.25, -0.2) is 0 Å². The number of hydrogen-bond acceptors (Lipinski definition) is 4. The van der Waals surface area contributed by atoms with Crippen molar-refractivity contribution >= 4 is 5.97 Å². The fourth-order valence-corrected chi connectivity index (χ4v) is 3.57. The van der Waals surface area contributed by atoms with Crippen molar-refractivity contribution in [3.63, 3.8) is 0 Å². The minimum absolute atomic E-state index is 0.155. The highest BCUT2D eigenvalue weighted by atomic mass is 16.5. The van der Waals surface area contributed by atoms with Gasteiger partial charge in [0.05, 0.1) is 13.7 Å². The molecule has 1 rings (SSSR count). The number of nitrogens with zero attached hydrogens (tertiary/aromatic N) is 1. The Labute approximate surface area is 130 Å². The van der Waals surface area contributed by atoms with Crippen LogP contribution in [0.2, 0.25) is 0 Å². The highest BCUT2D eigenvalue weighted by molar-refractivity contribution is 5.71. The molecule has 1 saturated carbocycles. The second-order valence-electron chi connectivity index (χ2n) is 7.78. The van der Waals surface area contributed by atoms with Crippen LogP contribution in [0, 0.1) is 17.3 Å². The van der Waals surface area contributed by atoms with Crippen molar-refractivity contribution in [2.75, 3.05) is 20.2 Å². The van der Waals surface area contributed by atoms with Crippen molar-refractivity contribution < 1.29 is 9.53 Å². The van der Waals surface area contributed by atoms with Crippen LogP contribution in [0.5, 0.6) is 0 Å². The first-order chi connectivity index (χ1) is 9.70. The van der Waals surface area contributed by atoms with E-state index in [2.05, 4.69) is 39.5 Å². The van der Waals surface area contributed by atoms with E-state index in [1.54, 1.807) is 0 Å². The lowest BCUT2D eigenvalue weighted by Gasteiger charge is -2.47. The third-order valence-corrected chi connectivity index (χ3v) is 5.11. The van der Waals surface area contributed by atoms with Crippen molar-refractivity contribution in [2.24, 2.45) is 23.0 Å². The maximum Gasteiger partial charge on any atom is 0.319 e. The van der Waals surface area contributed by atoms with Crippen LogP contribution in [0.25, 0.3) is 0 Å². The second kappa shape index (κ2) is 7.59. The van der Waals surface area contributed by atoms with E-state index in [1.165, 1.54) is 13.5 Å². The highest BCUT2D eigenvalue weighted by Crippen LogP contribution is 2.41. The zero-order chi connectivity index (χ0) is 16.2. The summed E-state index contributed by atoms with van der Waals surface area (Å²) in [5.41, 5.74) is 6.32. The average Bonchev–Trinajstić information content (AvgIpc) is 2.42. The van der Waals surface area contributed by atoms with Gasteiger partial charge in [0.25, 0.3) is 0 Å². The number of rotatable bonds is 5. The molecule has 0 heterocycles. The van der Waals surface area contributed by atoms with Crippen molar-refractivity contribution in [2.45, 2.75) is 66.0 Å². The van der Waals surface area contributed by atoms with Crippen LogP contribution < -0.4 is 5.73 Å². The molecule has 3 unspecified atom stereocenters. The number of hydrogen-bond donors (Lipinski definition) is 1. The highest BCUT2D eigenvalue weighted by Gasteiger charge is 2.39. The monoisotopic (exact) mass is 298 g/mol. The smallest absolute Gasteiger partial charge is 0.319 e. The molecule has 0 radical (unpaired) electrons. The van der Waals surface area contributed by atoms with Crippen LogP contribution in [0.15, 0.2) is 0 Å². The number of methoxy groups -OCH3 is 1. The molecule has 0 bridgehead atoms. The maximum atomic E-state index is 11.7. The quantitative estimate of drug-likeness (QED) is 0.793. The second-order valence-corrected chi connectivity index (χ2v) is 7.78. The van der Waals surface area contributed by atoms with Gasteiger partial charge >= 0.3 is 5.97 Å². The Kier molecular flexibility index (Phi) is 6.67. The molecule has 1 aliphatic carbocycles. The molecule has 0 aromatic heterocycles. The lowest BCUT2D eigenvalue weighted by Crippen LogP contribution is -2.52. The summed E-state index contributed by atoms with van der Waals surface area (Å²) in [7, 11) is 1.46. The molecular formula is C17H34N2O2. The molecule has 2 N–H and O–H groups in total.